The Morgan fingerprint density at radius 1 is 1.18 bits per heavy atom. The van der Waals surface area contributed by atoms with Crippen molar-refractivity contribution in [3.63, 3.8) is 0 Å². The van der Waals surface area contributed by atoms with Crippen molar-refractivity contribution in [1.29, 1.82) is 0 Å². The first-order valence-electron chi connectivity index (χ1n) is 9.29. The molecule has 1 aromatic carbocycles. The van der Waals surface area contributed by atoms with Crippen LogP contribution in [0.1, 0.15) is 17.7 Å². The Balaban J connectivity index is 1.29. The Bertz CT molecular complexity index is 1040. The lowest BCUT2D eigenvalue weighted by molar-refractivity contribution is -0.133. The molecule has 1 amide bonds. The molecule has 3 heterocycles. The molecule has 0 radical (unpaired) electrons. The van der Waals surface area contributed by atoms with Crippen molar-refractivity contribution in [2.45, 2.75) is 19.4 Å². The number of aromatic nitrogens is 2. The third-order valence-electron chi connectivity index (χ3n) is 4.98. The molecule has 0 unspecified atom stereocenters. The molecule has 2 aromatic heterocycles. The summed E-state index contributed by atoms with van der Waals surface area (Å²) in [4.78, 5) is 34.1. The van der Waals surface area contributed by atoms with Crippen LogP contribution < -0.4 is 5.56 Å². The number of aryl methyl sites for hydroxylation is 1. The fraction of sp³-hybridized carbons (Fsp3) is 0.350. The van der Waals surface area contributed by atoms with Gasteiger partial charge in [0.15, 0.2) is 4.96 Å². The highest BCUT2D eigenvalue weighted by Crippen LogP contribution is 2.15. The van der Waals surface area contributed by atoms with Crippen LogP contribution in [0, 0.1) is 0 Å². The molecule has 1 aliphatic heterocycles. The highest BCUT2D eigenvalue weighted by atomic mass is 79.9. The van der Waals surface area contributed by atoms with E-state index in [1.165, 1.54) is 16.9 Å². The van der Waals surface area contributed by atoms with Crippen molar-refractivity contribution in [1.82, 2.24) is 19.2 Å². The summed E-state index contributed by atoms with van der Waals surface area (Å²) in [7, 11) is 0. The number of benzene rings is 1. The SMILES string of the molecule is O=C(CCc1cccc(Br)c1)N1CCN(Cc2cc(=O)n3ccsc3n2)CC1. The van der Waals surface area contributed by atoms with Gasteiger partial charge in [0.2, 0.25) is 5.91 Å². The maximum absolute atomic E-state index is 12.5. The number of carbonyl (C=O) groups is 1. The van der Waals surface area contributed by atoms with Crippen molar-refractivity contribution in [3.8, 4) is 0 Å². The Morgan fingerprint density at radius 2 is 2.00 bits per heavy atom. The van der Waals surface area contributed by atoms with Crippen LogP contribution in [0.25, 0.3) is 4.96 Å². The zero-order valence-electron chi connectivity index (χ0n) is 15.4. The molecule has 0 N–H and O–H groups in total. The fourth-order valence-corrected chi connectivity index (χ4v) is 4.64. The Hall–Kier alpha value is -2.03. The minimum absolute atomic E-state index is 0.0392. The van der Waals surface area contributed by atoms with Crippen LogP contribution in [0.5, 0.6) is 0 Å². The first-order valence-corrected chi connectivity index (χ1v) is 11.0. The van der Waals surface area contributed by atoms with E-state index in [1.807, 2.05) is 22.4 Å². The van der Waals surface area contributed by atoms with E-state index in [2.05, 4.69) is 37.9 Å². The monoisotopic (exact) mass is 460 g/mol. The van der Waals surface area contributed by atoms with Gasteiger partial charge >= 0.3 is 0 Å². The van der Waals surface area contributed by atoms with Crippen LogP contribution in [-0.4, -0.2) is 51.3 Å². The number of fused-ring (bicyclic) bond motifs is 1. The van der Waals surface area contributed by atoms with E-state index in [9.17, 15) is 9.59 Å². The van der Waals surface area contributed by atoms with Gasteiger partial charge in [-0.25, -0.2) is 4.98 Å². The molecule has 0 aliphatic carbocycles. The predicted molar refractivity (Wildman–Crippen MR) is 114 cm³/mol. The minimum atomic E-state index is -0.0392. The number of hydrogen-bond donors (Lipinski definition) is 0. The Morgan fingerprint density at radius 3 is 2.79 bits per heavy atom. The molecule has 8 heteroatoms. The van der Waals surface area contributed by atoms with E-state index in [4.69, 9.17) is 0 Å². The molecule has 28 heavy (non-hydrogen) atoms. The van der Waals surface area contributed by atoms with Gasteiger partial charge in [0.1, 0.15) is 0 Å². The van der Waals surface area contributed by atoms with Gasteiger partial charge in [0, 0.05) is 61.3 Å². The quantitative estimate of drug-likeness (QED) is 0.587. The van der Waals surface area contributed by atoms with Crippen molar-refractivity contribution in [2.24, 2.45) is 0 Å². The van der Waals surface area contributed by atoms with Gasteiger partial charge in [-0.3, -0.25) is 18.9 Å². The number of piperazine rings is 1. The van der Waals surface area contributed by atoms with Crippen LogP contribution in [-0.2, 0) is 17.8 Å². The van der Waals surface area contributed by atoms with Gasteiger partial charge in [-0.2, -0.15) is 0 Å². The molecule has 0 atom stereocenters. The lowest BCUT2D eigenvalue weighted by Gasteiger charge is -2.34. The number of rotatable bonds is 5. The first kappa shape index (κ1) is 19.3. The standard InChI is InChI=1S/C20H21BrN4O2S/c21-16-3-1-2-15(12-16)4-5-18(26)24-8-6-23(7-9-24)14-17-13-19(27)25-10-11-28-20(25)22-17/h1-3,10-13H,4-9,14H2. The highest BCUT2D eigenvalue weighted by molar-refractivity contribution is 9.10. The predicted octanol–water partition coefficient (Wildman–Crippen LogP) is 2.80. The van der Waals surface area contributed by atoms with Gasteiger partial charge in [0.05, 0.1) is 5.69 Å². The van der Waals surface area contributed by atoms with E-state index < -0.39 is 0 Å². The number of thiazole rings is 1. The summed E-state index contributed by atoms with van der Waals surface area (Å²) >= 11 is 4.93. The van der Waals surface area contributed by atoms with E-state index in [-0.39, 0.29) is 11.5 Å². The Kier molecular flexibility index (Phi) is 5.89. The van der Waals surface area contributed by atoms with Gasteiger partial charge in [-0.05, 0) is 24.1 Å². The van der Waals surface area contributed by atoms with Crippen molar-refractivity contribution in [3.05, 3.63) is 68.0 Å². The van der Waals surface area contributed by atoms with Crippen LogP contribution in [0.2, 0.25) is 0 Å². The van der Waals surface area contributed by atoms with Crippen LogP contribution in [0.15, 0.2) is 51.2 Å². The third-order valence-corrected chi connectivity index (χ3v) is 6.23. The van der Waals surface area contributed by atoms with Gasteiger partial charge in [-0.1, -0.05) is 28.1 Å². The molecule has 0 saturated carbocycles. The number of halogens is 1. The highest BCUT2D eigenvalue weighted by Gasteiger charge is 2.21. The second kappa shape index (κ2) is 8.55. The summed E-state index contributed by atoms with van der Waals surface area (Å²) in [6.07, 6.45) is 3.04. The third kappa shape index (κ3) is 4.51. The second-order valence-corrected chi connectivity index (χ2v) is 8.72. The largest absolute Gasteiger partial charge is 0.340 e. The van der Waals surface area contributed by atoms with Crippen molar-refractivity contribution >= 4 is 38.1 Å². The zero-order chi connectivity index (χ0) is 19.5. The molecule has 146 valence electrons. The van der Waals surface area contributed by atoms with E-state index in [1.54, 1.807) is 16.7 Å². The summed E-state index contributed by atoms with van der Waals surface area (Å²) in [6.45, 7) is 3.68. The average Bonchev–Trinajstić information content (AvgIpc) is 3.16. The van der Waals surface area contributed by atoms with Crippen LogP contribution in [0.3, 0.4) is 0 Å². The molecule has 4 rings (SSSR count). The molecule has 1 saturated heterocycles. The van der Waals surface area contributed by atoms with Crippen LogP contribution in [0.4, 0.5) is 0 Å². The summed E-state index contributed by atoms with van der Waals surface area (Å²) in [5, 5.41) is 1.87. The molecule has 1 aliphatic rings. The lowest BCUT2D eigenvalue weighted by Crippen LogP contribution is -2.48. The molecule has 1 fully saturated rings. The summed E-state index contributed by atoms with van der Waals surface area (Å²) in [5.41, 5.74) is 1.92. The minimum Gasteiger partial charge on any atom is -0.340 e. The van der Waals surface area contributed by atoms with Gasteiger partial charge < -0.3 is 4.90 Å². The van der Waals surface area contributed by atoms with Gasteiger partial charge in [0.25, 0.3) is 5.56 Å². The number of carbonyl (C=O) groups excluding carboxylic acids is 1. The van der Waals surface area contributed by atoms with E-state index >= 15 is 0 Å². The zero-order valence-corrected chi connectivity index (χ0v) is 17.8. The molecule has 0 spiro atoms. The van der Waals surface area contributed by atoms with E-state index in [0.717, 1.165) is 47.7 Å². The summed E-state index contributed by atoms with van der Waals surface area (Å²) < 4.78 is 2.61. The lowest BCUT2D eigenvalue weighted by atomic mass is 10.1. The van der Waals surface area contributed by atoms with E-state index in [0.29, 0.717) is 13.0 Å². The number of amides is 1. The average molecular weight is 461 g/mol. The first-order chi connectivity index (χ1) is 13.6. The molecule has 6 nitrogen and oxygen atoms in total. The fourth-order valence-electron chi connectivity index (χ4n) is 3.46. The maximum atomic E-state index is 12.5. The van der Waals surface area contributed by atoms with Crippen molar-refractivity contribution in [2.75, 3.05) is 26.2 Å². The molecular weight excluding hydrogens is 440 g/mol. The number of hydrogen-bond acceptors (Lipinski definition) is 5. The summed E-state index contributed by atoms with van der Waals surface area (Å²) in [5.74, 6) is 0.205. The second-order valence-electron chi connectivity index (χ2n) is 6.93. The molecule has 3 aromatic rings. The molecule has 0 bridgehead atoms. The smallest absolute Gasteiger partial charge is 0.258 e. The van der Waals surface area contributed by atoms with Gasteiger partial charge in [-0.15, -0.1) is 11.3 Å². The van der Waals surface area contributed by atoms with Crippen molar-refractivity contribution < 1.29 is 4.79 Å². The van der Waals surface area contributed by atoms with Crippen LogP contribution >= 0.6 is 27.3 Å². The molecular formula is C20H21BrN4O2S. The normalized spacial score (nSPS) is 15.2. The number of nitrogens with zero attached hydrogens (tertiary/aromatic N) is 4. The topological polar surface area (TPSA) is 57.9 Å². The Labute approximate surface area is 175 Å². The summed E-state index contributed by atoms with van der Waals surface area (Å²) in [6, 6.07) is 9.70. The maximum Gasteiger partial charge on any atom is 0.258 e.